The summed E-state index contributed by atoms with van der Waals surface area (Å²) in [5.41, 5.74) is 0.893. The van der Waals surface area contributed by atoms with Gasteiger partial charge in [0.05, 0.1) is 8.72 Å². The summed E-state index contributed by atoms with van der Waals surface area (Å²) in [4.78, 5) is 4.39. The van der Waals surface area contributed by atoms with Crippen LogP contribution in [0.25, 0.3) is 11.0 Å². The van der Waals surface area contributed by atoms with Crippen LogP contribution < -0.4 is 0 Å². The summed E-state index contributed by atoms with van der Waals surface area (Å²) in [6.45, 7) is 8.41. The van der Waals surface area contributed by atoms with E-state index in [1.54, 1.807) is 6.20 Å². The fraction of sp³-hybridized carbons (Fsp3) is 0.462. The summed E-state index contributed by atoms with van der Waals surface area (Å²) >= 11 is 8.46. The fourth-order valence-electron chi connectivity index (χ4n) is 1.74. The molecule has 0 aliphatic carbocycles. The molecule has 104 valence electrons. The van der Waals surface area contributed by atoms with E-state index in [0.717, 1.165) is 26.4 Å². The number of hydrogen-bond acceptors (Lipinski definition) is 2. The van der Waals surface area contributed by atoms with Crippen molar-refractivity contribution >= 4 is 53.3 Å². The Labute approximate surface area is 133 Å². The zero-order valence-corrected chi connectivity index (χ0v) is 15.3. The minimum atomic E-state index is -1.03. The molecule has 0 radical (unpaired) electrons. The van der Waals surface area contributed by atoms with Crippen molar-refractivity contribution in [3.8, 4) is 0 Å². The van der Waals surface area contributed by atoms with E-state index in [9.17, 15) is 0 Å². The highest BCUT2D eigenvalue weighted by molar-refractivity contribution is 14.1. The van der Waals surface area contributed by atoms with E-state index in [4.69, 9.17) is 16.3 Å². The van der Waals surface area contributed by atoms with Crippen LogP contribution >= 0.6 is 34.2 Å². The molecular formula is C13H18ClIN2OSi. The van der Waals surface area contributed by atoms with Gasteiger partial charge in [-0.2, -0.15) is 0 Å². The first-order chi connectivity index (χ1) is 8.88. The van der Waals surface area contributed by atoms with E-state index in [1.165, 1.54) is 6.04 Å². The molecule has 0 aliphatic heterocycles. The Morgan fingerprint density at radius 1 is 1.42 bits per heavy atom. The van der Waals surface area contributed by atoms with Crippen LogP contribution in [0.5, 0.6) is 0 Å². The Kier molecular flexibility index (Phi) is 4.92. The van der Waals surface area contributed by atoms with Gasteiger partial charge in [-0.1, -0.05) is 31.2 Å². The predicted octanol–water partition coefficient (Wildman–Crippen LogP) is 4.61. The van der Waals surface area contributed by atoms with Crippen LogP contribution in [-0.2, 0) is 11.5 Å². The number of nitrogens with zero attached hydrogens (tertiary/aromatic N) is 2. The average molecular weight is 409 g/mol. The summed E-state index contributed by atoms with van der Waals surface area (Å²) in [5, 5.41) is 1.73. The molecule has 2 heterocycles. The molecule has 0 saturated carbocycles. The van der Waals surface area contributed by atoms with Crippen molar-refractivity contribution in [3.63, 3.8) is 0 Å². The lowest BCUT2D eigenvalue weighted by atomic mass is 10.3. The van der Waals surface area contributed by atoms with Crippen LogP contribution in [0.15, 0.2) is 18.3 Å². The third kappa shape index (κ3) is 3.93. The van der Waals surface area contributed by atoms with E-state index in [0.29, 0.717) is 6.73 Å². The van der Waals surface area contributed by atoms with E-state index in [1.807, 2.05) is 12.1 Å². The highest BCUT2D eigenvalue weighted by Crippen LogP contribution is 2.26. The Balaban J connectivity index is 2.09. The van der Waals surface area contributed by atoms with Crippen LogP contribution in [0.2, 0.25) is 30.7 Å². The maximum Gasteiger partial charge on any atom is 0.144 e. The molecule has 0 bridgehead atoms. The van der Waals surface area contributed by atoms with Crippen LogP contribution in [0.3, 0.4) is 0 Å². The number of hydrogen-bond donors (Lipinski definition) is 0. The third-order valence-corrected chi connectivity index (χ3v) is 5.84. The van der Waals surface area contributed by atoms with E-state index in [2.05, 4.69) is 51.8 Å². The van der Waals surface area contributed by atoms with E-state index < -0.39 is 8.07 Å². The minimum absolute atomic E-state index is 0.541. The number of halogens is 2. The lowest BCUT2D eigenvalue weighted by molar-refractivity contribution is 0.0883. The summed E-state index contributed by atoms with van der Waals surface area (Å²) in [6, 6.07) is 5.04. The molecule has 0 saturated heterocycles. The Bertz CT molecular complexity index is 580. The van der Waals surface area contributed by atoms with Gasteiger partial charge in [0.15, 0.2) is 0 Å². The molecule has 0 N–H and O–H groups in total. The Morgan fingerprint density at radius 2 is 2.16 bits per heavy atom. The molecule has 0 spiro atoms. The van der Waals surface area contributed by atoms with Crippen molar-refractivity contribution in [2.45, 2.75) is 32.4 Å². The first kappa shape index (κ1) is 15.3. The Hall–Kier alpha value is -0.113. The molecule has 2 rings (SSSR count). The number of ether oxygens (including phenoxy) is 1. The van der Waals surface area contributed by atoms with Gasteiger partial charge in [-0.05, 0) is 40.8 Å². The standard InChI is InChI=1S/C13H18ClIN2OSi/c1-19(2,3)7-6-18-9-17-12(15)8-10-11(14)4-5-16-13(10)17/h4-5,8H,6-7,9H2,1-3H3. The van der Waals surface area contributed by atoms with Crippen molar-refractivity contribution in [1.29, 1.82) is 0 Å². The number of pyridine rings is 1. The smallest absolute Gasteiger partial charge is 0.144 e. The molecule has 0 aromatic carbocycles. The van der Waals surface area contributed by atoms with Gasteiger partial charge in [0, 0.05) is 26.3 Å². The van der Waals surface area contributed by atoms with Gasteiger partial charge in [0.1, 0.15) is 12.4 Å². The van der Waals surface area contributed by atoms with Crippen molar-refractivity contribution in [1.82, 2.24) is 9.55 Å². The van der Waals surface area contributed by atoms with E-state index >= 15 is 0 Å². The largest absolute Gasteiger partial charge is 0.361 e. The van der Waals surface area contributed by atoms with Crippen LogP contribution in [0.4, 0.5) is 0 Å². The minimum Gasteiger partial charge on any atom is -0.361 e. The average Bonchev–Trinajstić information content (AvgIpc) is 2.62. The molecule has 0 atom stereocenters. The lowest BCUT2D eigenvalue weighted by Crippen LogP contribution is -2.22. The molecule has 3 nitrogen and oxygen atoms in total. The van der Waals surface area contributed by atoms with Crippen molar-refractivity contribution in [3.05, 3.63) is 27.1 Å². The van der Waals surface area contributed by atoms with Crippen molar-refractivity contribution in [2.75, 3.05) is 6.61 Å². The molecule has 0 amide bonds. The molecule has 0 fully saturated rings. The van der Waals surface area contributed by atoms with Gasteiger partial charge < -0.3 is 4.74 Å². The molecule has 6 heteroatoms. The van der Waals surface area contributed by atoms with Gasteiger partial charge in [-0.25, -0.2) is 4.98 Å². The molecule has 19 heavy (non-hydrogen) atoms. The zero-order valence-electron chi connectivity index (χ0n) is 11.4. The highest BCUT2D eigenvalue weighted by Gasteiger charge is 2.13. The van der Waals surface area contributed by atoms with Crippen molar-refractivity contribution < 1.29 is 4.74 Å². The topological polar surface area (TPSA) is 27.1 Å². The Morgan fingerprint density at radius 3 is 2.84 bits per heavy atom. The monoisotopic (exact) mass is 408 g/mol. The fourth-order valence-corrected chi connectivity index (χ4v) is 3.37. The second kappa shape index (κ2) is 6.11. The highest BCUT2D eigenvalue weighted by atomic mass is 127. The van der Waals surface area contributed by atoms with Gasteiger partial charge in [-0.15, -0.1) is 0 Å². The van der Waals surface area contributed by atoms with Crippen LogP contribution in [0.1, 0.15) is 0 Å². The van der Waals surface area contributed by atoms with Crippen molar-refractivity contribution in [2.24, 2.45) is 0 Å². The maximum absolute atomic E-state index is 6.17. The maximum atomic E-state index is 6.17. The predicted molar refractivity (Wildman–Crippen MR) is 91.6 cm³/mol. The summed E-state index contributed by atoms with van der Waals surface area (Å²) < 4.78 is 8.95. The molecular weight excluding hydrogens is 391 g/mol. The lowest BCUT2D eigenvalue weighted by Gasteiger charge is -2.16. The van der Waals surface area contributed by atoms with Gasteiger partial charge in [0.25, 0.3) is 0 Å². The van der Waals surface area contributed by atoms with Crippen LogP contribution in [-0.4, -0.2) is 24.2 Å². The first-order valence-electron chi connectivity index (χ1n) is 6.25. The SMILES string of the molecule is C[Si](C)(C)CCOCn1c(I)cc2c(Cl)ccnc21. The quantitative estimate of drug-likeness (QED) is 0.410. The van der Waals surface area contributed by atoms with Gasteiger partial charge in [-0.3, -0.25) is 4.57 Å². The first-order valence-corrected chi connectivity index (χ1v) is 11.4. The van der Waals surface area contributed by atoms with Crippen LogP contribution in [0, 0.1) is 3.70 Å². The molecule has 0 unspecified atom stereocenters. The normalized spacial score (nSPS) is 12.3. The molecule has 2 aromatic heterocycles. The second-order valence-electron chi connectivity index (χ2n) is 5.77. The number of fused-ring (bicyclic) bond motifs is 1. The number of aromatic nitrogens is 2. The summed E-state index contributed by atoms with van der Waals surface area (Å²) in [6.07, 6.45) is 1.74. The number of rotatable bonds is 5. The summed E-state index contributed by atoms with van der Waals surface area (Å²) in [7, 11) is -1.03. The van der Waals surface area contributed by atoms with Gasteiger partial charge in [0.2, 0.25) is 0 Å². The zero-order chi connectivity index (χ0) is 14.0. The van der Waals surface area contributed by atoms with Gasteiger partial charge >= 0.3 is 0 Å². The second-order valence-corrected chi connectivity index (χ2v) is 12.9. The van der Waals surface area contributed by atoms with E-state index in [-0.39, 0.29) is 0 Å². The third-order valence-electron chi connectivity index (χ3n) is 2.91. The molecule has 2 aromatic rings. The summed E-state index contributed by atoms with van der Waals surface area (Å²) in [5.74, 6) is 0. The molecule has 0 aliphatic rings.